The predicted molar refractivity (Wildman–Crippen MR) is 235 cm³/mol. The van der Waals surface area contributed by atoms with Crippen molar-refractivity contribution in [2.45, 2.75) is 89.4 Å². The molecule has 0 aromatic heterocycles. The zero-order valence-corrected chi connectivity index (χ0v) is 34.3. The van der Waals surface area contributed by atoms with Crippen LogP contribution in [0.3, 0.4) is 0 Å². The molecule has 0 amide bonds. The minimum Gasteiger partial charge on any atom is -0.508 e. The van der Waals surface area contributed by atoms with Crippen LogP contribution in [0.2, 0.25) is 0 Å². The Morgan fingerprint density at radius 1 is 0.542 bits per heavy atom. The van der Waals surface area contributed by atoms with Crippen molar-refractivity contribution in [3.8, 4) is 28.0 Å². The van der Waals surface area contributed by atoms with Gasteiger partial charge < -0.3 is 15.3 Å². The number of fused-ring (bicyclic) bond motifs is 3. The lowest BCUT2D eigenvalue weighted by molar-refractivity contribution is -0.00345. The van der Waals surface area contributed by atoms with Gasteiger partial charge in [-0.15, -0.1) is 0 Å². The van der Waals surface area contributed by atoms with E-state index in [0.29, 0.717) is 22.8 Å². The zero-order chi connectivity index (χ0) is 43.8. The van der Waals surface area contributed by atoms with Crippen LogP contribution in [0.15, 0.2) is 109 Å². The van der Waals surface area contributed by atoms with Crippen molar-refractivity contribution in [3.05, 3.63) is 137 Å². The van der Waals surface area contributed by atoms with Gasteiger partial charge in [-0.1, -0.05) is 88.4 Å². The van der Waals surface area contributed by atoms with Crippen molar-refractivity contribution in [1.82, 2.24) is 0 Å². The van der Waals surface area contributed by atoms with Crippen LogP contribution >= 0.6 is 0 Å². The van der Waals surface area contributed by atoms with E-state index in [9.17, 15) is 24.9 Å². The fourth-order valence-electron chi connectivity index (χ4n) is 11.3. The number of carboxylic acid groups (broad SMARTS) is 2. The Balaban J connectivity index is 0.000000171. The van der Waals surface area contributed by atoms with Gasteiger partial charge in [-0.05, 0) is 194 Å². The smallest absolute Gasteiger partial charge is 0.335 e. The van der Waals surface area contributed by atoms with Crippen molar-refractivity contribution in [2.24, 2.45) is 23.7 Å². The van der Waals surface area contributed by atoms with E-state index in [2.05, 4.69) is 76.2 Å². The van der Waals surface area contributed by atoms with Crippen LogP contribution in [0.1, 0.15) is 119 Å². The summed E-state index contributed by atoms with van der Waals surface area (Å²) in [5.74, 6) is 2.46. The number of aromatic hydroxyl groups is 1. The monoisotopic (exact) mass is 790 g/mol. The van der Waals surface area contributed by atoms with Crippen molar-refractivity contribution in [2.75, 3.05) is 0 Å². The first-order chi connectivity index (χ1) is 29.2. The van der Waals surface area contributed by atoms with E-state index in [1.807, 2.05) is 36.4 Å². The Morgan fingerprint density at radius 2 is 0.949 bits per heavy atom. The molecule has 6 aromatic carbocycles. The number of carbonyl (C=O) groups is 2. The second kappa shape index (κ2) is 15.3. The molecular weight excluding hydrogens is 733 g/mol. The highest BCUT2D eigenvalue weighted by atomic mass is 16.4. The lowest BCUT2D eigenvalue weighted by Crippen LogP contribution is -2.43. The van der Waals surface area contributed by atoms with E-state index >= 15 is 0 Å². The molecule has 0 unspecified atom stereocenters. The Bertz CT molecular complexity index is 2620. The molecule has 3 N–H and O–H groups in total. The third-order valence-corrected chi connectivity index (χ3v) is 14.3. The van der Waals surface area contributed by atoms with Gasteiger partial charge in [0, 0.05) is 13.8 Å². The van der Waals surface area contributed by atoms with Gasteiger partial charge in [0.15, 0.2) is 0 Å². The first kappa shape index (κ1) is 38.5. The van der Waals surface area contributed by atoms with Gasteiger partial charge >= 0.3 is 11.9 Å². The summed E-state index contributed by atoms with van der Waals surface area (Å²) in [5, 5.41) is 45.1. The number of carboxylic acids is 2. The van der Waals surface area contributed by atoms with Gasteiger partial charge in [0.2, 0.25) is 0 Å². The van der Waals surface area contributed by atoms with Crippen LogP contribution in [-0.2, 0) is 10.8 Å². The van der Waals surface area contributed by atoms with Gasteiger partial charge in [0.1, 0.15) is 5.75 Å². The lowest BCUT2D eigenvalue weighted by atomic mass is 9.50. The van der Waals surface area contributed by atoms with Crippen LogP contribution in [0, 0.1) is 34.5 Å². The molecule has 4 saturated carbocycles. The molecule has 11 rings (SSSR count). The minimum absolute atomic E-state index is 0.189. The maximum Gasteiger partial charge on any atom is 0.335 e. The van der Waals surface area contributed by atoms with Crippen molar-refractivity contribution < 1.29 is 27.9 Å². The standard InChI is InChI=1S/C27H26O3.C25H26O2.N2.H2/c28-25-6-5-20(18-1-2-19-13-21(27(29)30)4-3-17(19)12-18)14-24(25)26-22-8-15-7-16(10-22)11-23(26)9-15;1-24(2)11-12-25(3,4)22-15-19(9-10-21(22)24)17-5-6-18-14-20(23(26)27)8-7-16(18)13-17;1-2;/h1-6,12-16,22-23,26,28H,7-11H2,(H,29,30);5-10,13-15H,11-12H2,1-4H3,(H,26,27);;1H/i;;;1+2T. The summed E-state index contributed by atoms with van der Waals surface area (Å²) >= 11 is 0. The first-order valence-electron chi connectivity index (χ1n) is 22.0. The van der Waals surface area contributed by atoms with E-state index in [-0.39, 0.29) is 10.8 Å². The van der Waals surface area contributed by atoms with E-state index in [4.69, 9.17) is 13.8 Å². The maximum atomic E-state index is 11.2. The second-order valence-corrected chi connectivity index (χ2v) is 18.9. The summed E-state index contributed by atoms with van der Waals surface area (Å²) in [6, 6.07) is 36.0. The molecule has 302 valence electrons. The molecule has 5 aliphatic carbocycles. The lowest BCUT2D eigenvalue weighted by Gasteiger charge is -2.54. The molecule has 6 aromatic rings. The number of hydrogen-bond donors (Lipinski definition) is 3. The normalized spacial score (nSPS) is 23.1. The fourth-order valence-corrected chi connectivity index (χ4v) is 11.3. The number of aromatic carboxylic acids is 2. The SMILES string of the molecule is CC1(C)CCC(C)(C)c2cc(-c3ccc4cc(C(=O)O)ccc4c3)ccc21.N#N.O=C(O)c1ccc2cc(-c3ccc(O)c(C4C5CC6CC(C5)CC4C6)c3)ccc2c1.[3H][3H]. The van der Waals surface area contributed by atoms with Gasteiger partial charge in [-0.3, -0.25) is 0 Å². The van der Waals surface area contributed by atoms with E-state index in [1.54, 1.807) is 24.3 Å². The van der Waals surface area contributed by atoms with Crippen LogP contribution in [0.4, 0.5) is 0 Å². The summed E-state index contributed by atoms with van der Waals surface area (Å²) in [6.45, 7) is 9.38. The Kier molecular flexibility index (Phi) is 9.99. The van der Waals surface area contributed by atoms with Gasteiger partial charge in [0.05, 0.1) is 11.1 Å². The van der Waals surface area contributed by atoms with Crippen molar-refractivity contribution in [3.63, 3.8) is 0 Å². The topological polar surface area (TPSA) is 142 Å². The molecule has 59 heavy (non-hydrogen) atoms. The van der Waals surface area contributed by atoms with Gasteiger partial charge in [0.25, 0.3) is 0 Å². The van der Waals surface area contributed by atoms with Crippen molar-refractivity contribution >= 4 is 33.5 Å². The van der Waals surface area contributed by atoms with Crippen LogP contribution in [0.25, 0.3) is 43.8 Å². The summed E-state index contributed by atoms with van der Waals surface area (Å²) in [5.41, 5.74) is 9.74. The number of nitrogens with zero attached hydrogens (tertiary/aromatic N) is 2. The molecule has 5 aliphatic rings. The minimum atomic E-state index is -0.903. The molecule has 0 atom stereocenters. The number of phenolic OH excluding ortho intramolecular Hbond substituents is 1. The number of phenols is 1. The Morgan fingerprint density at radius 3 is 1.46 bits per heavy atom. The molecule has 7 heteroatoms. The van der Waals surface area contributed by atoms with Crippen LogP contribution in [-0.4, -0.2) is 27.3 Å². The largest absolute Gasteiger partial charge is 0.508 e. The molecular formula is C52H54N2O5. The maximum absolute atomic E-state index is 11.2. The quantitative estimate of drug-likeness (QED) is 0.148. The third-order valence-electron chi connectivity index (χ3n) is 14.3. The number of rotatable bonds is 5. The fraction of sp³-hybridized carbons (Fsp3) is 0.346. The Hall–Kier alpha value is -6.00. The summed E-state index contributed by atoms with van der Waals surface area (Å²) in [7, 11) is 0. The highest BCUT2D eigenvalue weighted by Gasteiger charge is 2.49. The number of hydrogen-bond acceptors (Lipinski definition) is 5. The predicted octanol–water partition coefficient (Wildman–Crippen LogP) is 13.3. The third kappa shape index (κ3) is 7.58. The van der Waals surface area contributed by atoms with E-state index in [1.165, 1.54) is 67.2 Å². The highest BCUT2D eigenvalue weighted by molar-refractivity contribution is 5.97. The first-order valence-corrected chi connectivity index (χ1v) is 21.0. The average molecular weight is 791 g/mol. The molecule has 0 aliphatic heterocycles. The van der Waals surface area contributed by atoms with Gasteiger partial charge in [-0.25, -0.2) is 9.59 Å². The Labute approximate surface area is 349 Å². The average Bonchev–Trinajstić information content (AvgIpc) is 3.26. The summed E-state index contributed by atoms with van der Waals surface area (Å²) < 4.78 is 10.0. The zero-order valence-electron chi connectivity index (χ0n) is 36.3. The van der Waals surface area contributed by atoms with Crippen molar-refractivity contribution in [1.29, 1.82) is 10.8 Å². The number of benzene rings is 6. The second-order valence-electron chi connectivity index (χ2n) is 18.9. The molecule has 4 fully saturated rings. The molecule has 0 spiro atoms. The summed E-state index contributed by atoms with van der Waals surface area (Å²) in [4.78, 5) is 22.4. The van der Waals surface area contributed by atoms with Crippen LogP contribution < -0.4 is 0 Å². The molecule has 7 nitrogen and oxygen atoms in total. The molecule has 4 bridgehead atoms. The summed E-state index contributed by atoms with van der Waals surface area (Å²) in [6.07, 6.45) is 9.20. The molecule has 0 saturated heterocycles. The molecule has 0 radical (unpaired) electrons. The van der Waals surface area contributed by atoms with Crippen LogP contribution in [0.5, 0.6) is 5.75 Å². The van der Waals surface area contributed by atoms with Gasteiger partial charge in [-0.2, -0.15) is 0 Å². The highest BCUT2D eigenvalue weighted by Crippen LogP contribution is 2.61. The molecule has 0 heterocycles. The van der Waals surface area contributed by atoms with E-state index < -0.39 is 11.9 Å². The van der Waals surface area contributed by atoms with E-state index in [0.717, 1.165) is 61.9 Å².